The largest absolute Gasteiger partial charge is 0.357 e. The van der Waals surface area contributed by atoms with Crippen molar-refractivity contribution < 1.29 is 0 Å². The van der Waals surface area contributed by atoms with Gasteiger partial charge in [-0.25, -0.2) is 9.98 Å². The normalized spacial score (nSPS) is 14.7. The molecule has 0 amide bonds. The molecular formula is C20H28IN5S. The molecule has 7 heteroatoms. The Morgan fingerprint density at radius 3 is 2.44 bits per heavy atom. The molecule has 1 N–H and O–H groups in total. The van der Waals surface area contributed by atoms with Crippen molar-refractivity contribution in [1.29, 1.82) is 0 Å². The first-order chi connectivity index (χ1) is 12.8. The molecule has 0 radical (unpaired) electrons. The Bertz CT molecular complexity index is 700. The summed E-state index contributed by atoms with van der Waals surface area (Å²) in [5.74, 6) is 2.06. The summed E-state index contributed by atoms with van der Waals surface area (Å²) in [6.07, 6.45) is 3.95. The number of aliphatic imine (C=N–C) groups is 1. The minimum Gasteiger partial charge on any atom is -0.357 e. The third kappa shape index (κ3) is 6.27. The van der Waals surface area contributed by atoms with Crippen LogP contribution in [0.3, 0.4) is 0 Å². The van der Waals surface area contributed by atoms with Crippen LogP contribution in [-0.4, -0.2) is 54.8 Å². The standard InChI is InChI=1S/C20H27N5S.HI/c1-3-21-20(23-16-17-7-9-18(26-2)10-8-17)25-14-12-24(13-15-25)19-6-4-5-11-22-19;/h4-11H,3,12-16H2,1-2H3,(H,21,23);1H. The van der Waals surface area contributed by atoms with E-state index >= 15 is 0 Å². The molecule has 0 bridgehead atoms. The van der Waals surface area contributed by atoms with Gasteiger partial charge >= 0.3 is 0 Å². The number of nitrogens with zero attached hydrogens (tertiary/aromatic N) is 4. The highest BCUT2D eigenvalue weighted by Gasteiger charge is 2.20. The first-order valence-electron chi connectivity index (χ1n) is 9.12. The Morgan fingerprint density at radius 1 is 1.11 bits per heavy atom. The van der Waals surface area contributed by atoms with E-state index in [1.807, 2.05) is 18.3 Å². The van der Waals surface area contributed by atoms with E-state index in [-0.39, 0.29) is 24.0 Å². The number of rotatable bonds is 5. The van der Waals surface area contributed by atoms with Crippen molar-refractivity contribution in [3.63, 3.8) is 0 Å². The molecule has 1 aromatic carbocycles. The third-order valence-electron chi connectivity index (χ3n) is 4.46. The highest BCUT2D eigenvalue weighted by molar-refractivity contribution is 14.0. The average Bonchev–Trinajstić information content (AvgIpc) is 2.72. The summed E-state index contributed by atoms with van der Waals surface area (Å²) in [6.45, 7) is 7.53. The summed E-state index contributed by atoms with van der Waals surface area (Å²) in [5, 5.41) is 3.44. The second-order valence-electron chi connectivity index (χ2n) is 6.18. The smallest absolute Gasteiger partial charge is 0.194 e. The van der Waals surface area contributed by atoms with E-state index in [2.05, 4.69) is 63.6 Å². The fourth-order valence-corrected chi connectivity index (χ4v) is 3.42. The van der Waals surface area contributed by atoms with Crippen molar-refractivity contribution in [2.75, 3.05) is 43.9 Å². The molecule has 0 spiro atoms. The molecule has 0 unspecified atom stereocenters. The molecule has 2 heterocycles. The second kappa shape index (κ2) is 11.4. The molecule has 3 rings (SSSR count). The van der Waals surface area contributed by atoms with E-state index in [0.29, 0.717) is 6.54 Å². The van der Waals surface area contributed by atoms with Crippen LogP contribution >= 0.6 is 35.7 Å². The summed E-state index contributed by atoms with van der Waals surface area (Å²) in [4.78, 5) is 15.3. The van der Waals surface area contributed by atoms with E-state index in [9.17, 15) is 0 Å². The molecule has 0 aliphatic carbocycles. The molecule has 1 saturated heterocycles. The summed E-state index contributed by atoms with van der Waals surface area (Å²) in [6, 6.07) is 14.7. The Kier molecular flexibility index (Phi) is 9.20. The predicted molar refractivity (Wildman–Crippen MR) is 126 cm³/mol. The summed E-state index contributed by atoms with van der Waals surface area (Å²) >= 11 is 1.76. The van der Waals surface area contributed by atoms with E-state index in [4.69, 9.17) is 4.99 Å². The number of hydrogen-bond acceptors (Lipinski definition) is 4. The van der Waals surface area contributed by atoms with Gasteiger partial charge in [0.1, 0.15) is 5.82 Å². The molecular weight excluding hydrogens is 469 g/mol. The molecule has 27 heavy (non-hydrogen) atoms. The van der Waals surface area contributed by atoms with Gasteiger partial charge in [0, 0.05) is 43.8 Å². The number of halogens is 1. The predicted octanol–water partition coefficient (Wildman–Crippen LogP) is 3.71. The lowest BCUT2D eigenvalue weighted by Crippen LogP contribution is -2.52. The fraction of sp³-hybridized carbons (Fsp3) is 0.400. The van der Waals surface area contributed by atoms with Crippen LogP contribution in [0.25, 0.3) is 0 Å². The average molecular weight is 497 g/mol. The molecule has 0 saturated carbocycles. The maximum atomic E-state index is 4.85. The van der Waals surface area contributed by atoms with Crippen molar-refractivity contribution in [3.05, 3.63) is 54.2 Å². The monoisotopic (exact) mass is 497 g/mol. The van der Waals surface area contributed by atoms with Crippen LogP contribution in [0.1, 0.15) is 12.5 Å². The number of hydrogen-bond donors (Lipinski definition) is 1. The Hall–Kier alpha value is -1.48. The maximum Gasteiger partial charge on any atom is 0.194 e. The van der Waals surface area contributed by atoms with Crippen LogP contribution in [0, 0.1) is 0 Å². The zero-order valence-electron chi connectivity index (χ0n) is 16.0. The number of aromatic nitrogens is 1. The van der Waals surface area contributed by atoms with Gasteiger partial charge in [0.2, 0.25) is 0 Å². The van der Waals surface area contributed by atoms with E-state index in [1.54, 1.807) is 11.8 Å². The lowest BCUT2D eigenvalue weighted by molar-refractivity contribution is 0.371. The van der Waals surface area contributed by atoms with Gasteiger partial charge in [-0.3, -0.25) is 0 Å². The molecule has 2 aromatic rings. The number of thioether (sulfide) groups is 1. The van der Waals surface area contributed by atoms with Crippen LogP contribution in [-0.2, 0) is 6.54 Å². The van der Waals surface area contributed by atoms with Crippen molar-refractivity contribution in [3.8, 4) is 0 Å². The van der Waals surface area contributed by atoms with Gasteiger partial charge in [-0.1, -0.05) is 18.2 Å². The van der Waals surface area contributed by atoms with Gasteiger partial charge in [-0.05, 0) is 43.0 Å². The zero-order valence-corrected chi connectivity index (χ0v) is 19.1. The molecule has 1 fully saturated rings. The Labute approximate surface area is 183 Å². The van der Waals surface area contributed by atoms with Crippen molar-refractivity contribution >= 4 is 47.5 Å². The SMILES string of the molecule is CCNC(=NCc1ccc(SC)cc1)N1CCN(c2ccccn2)CC1.I. The van der Waals surface area contributed by atoms with Gasteiger partial charge in [0.15, 0.2) is 5.96 Å². The van der Waals surface area contributed by atoms with Gasteiger partial charge in [-0.15, -0.1) is 35.7 Å². The molecule has 146 valence electrons. The zero-order chi connectivity index (χ0) is 18.2. The maximum absolute atomic E-state index is 4.85. The van der Waals surface area contributed by atoms with Gasteiger partial charge in [-0.2, -0.15) is 0 Å². The van der Waals surface area contributed by atoms with Crippen molar-refractivity contribution in [2.45, 2.75) is 18.4 Å². The first kappa shape index (κ1) is 21.8. The van der Waals surface area contributed by atoms with Gasteiger partial charge in [0.25, 0.3) is 0 Å². The van der Waals surface area contributed by atoms with Crippen LogP contribution in [0.2, 0.25) is 0 Å². The minimum absolute atomic E-state index is 0. The summed E-state index contributed by atoms with van der Waals surface area (Å²) < 4.78 is 0. The van der Waals surface area contributed by atoms with Crippen LogP contribution < -0.4 is 10.2 Å². The Balaban J connectivity index is 0.00000261. The van der Waals surface area contributed by atoms with Gasteiger partial charge in [0.05, 0.1) is 6.54 Å². The summed E-state index contributed by atoms with van der Waals surface area (Å²) in [5.41, 5.74) is 1.24. The topological polar surface area (TPSA) is 43.8 Å². The molecule has 1 aliphatic heterocycles. The van der Waals surface area contributed by atoms with E-state index < -0.39 is 0 Å². The summed E-state index contributed by atoms with van der Waals surface area (Å²) in [7, 11) is 0. The molecule has 1 aromatic heterocycles. The van der Waals surface area contributed by atoms with Crippen LogP contribution in [0.15, 0.2) is 58.5 Å². The quantitative estimate of drug-likeness (QED) is 0.296. The van der Waals surface area contributed by atoms with Gasteiger partial charge < -0.3 is 15.1 Å². The highest BCUT2D eigenvalue weighted by atomic mass is 127. The Morgan fingerprint density at radius 2 is 1.85 bits per heavy atom. The second-order valence-corrected chi connectivity index (χ2v) is 7.06. The first-order valence-corrected chi connectivity index (χ1v) is 10.3. The third-order valence-corrected chi connectivity index (χ3v) is 5.20. The van der Waals surface area contributed by atoms with E-state index in [0.717, 1.165) is 44.5 Å². The van der Waals surface area contributed by atoms with Crippen LogP contribution in [0.5, 0.6) is 0 Å². The lowest BCUT2D eigenvalue weighted by atomic mass is 10.2. The molecule has 1 aliphatic rings. The number of anilines is 1. The fourth-order valence-electron chi connectivity index (χ4n) is 3.01. The van der Waals surface area contributed by atoms with Crippen molar-refractivity contribution in [2.24, 2.45) is 4.99 Å². The van der Waals surface area contributed by atoms with Crippen molar-refractivity contribution in [1.82, 2.24) is 15.2 Å². The number of nitrogens with one attached hydrogen (secondary N) is 1. The highest BCUT2D eigenvalue weighted by Crippen LogP contribution is 2.16. The number of benzene rings is 1. The number of pyridine rings is 1. The van der Waals surface area contributed by atoms with Crippen LogP contribution in [0.4, 0.5) is 5.82 Å². The van der Waals surface area contributed by atoms with E-state index in [1.165, 1.54) is 10.5 Å². The number of piperazine rings is 1. The number of guanidine groups is 1. The minimum atomic E-state index is 0. The molecule has 0 atom stereocenters. The lowest BCUT2D eigenvalue weighted by Gasteiger charge is -2.37. The molecule has 5 nitrogen and oxygen atoms in total.